The fourth-order valence-corrected chi connectivity index (χ4v) is 5.47. The molecule has 1 amide bonds. The summed E-state index contributed by atoms with van der Waals surface area (Å²) < 4.78 is 0. The largest absolute Gasteiger partial charge is 0.325 e. The molecule has 0 aromatic heterocycles. The van der Waals surface area contributed by atoms with Crippen LogP contribution < -0.4 is 5.32 Å². The van der Waals surface area contributed by atoms with Gasteiger partial charge in [0, 0.05) is 24.7 Å². The lowest BCUT2D eigenvalue weighted by Crippen LogP contribution is -2.45. The molecule has 4 heteroatoms. The number of rotatable bonds is 3. The second-order valence-corrected chi connectivity index (χ2v) is 8.32. The Bertz CT molecular complexity index is 704. The Hall–Kier alpha value is -1.68. The number of anilines is 1. The number of nitrogens with zero attached hydrogens (tertiary/aromatic N) is 1. The van der Waals surface area contributed by atoms with E-state index in [0.717, 1.165) is 57.3 Å². The zero-order chi connectivity index (χ0) is 17.6. The number of carbonyl (C=O) groups excluding carboxylic acids is 2. The van der Waals surface area contributed by atoms with Crippen molar-refractivity contribution in [1.29, 1.82) is 0 Å². The van der Waals surface area contributed by atoms with E-state index in [9.17, 15) is 9.59 Å². The standard InChI is InChI=1S/C21H28N2O2/c1-14-4-3-5-18-19(14)21(20(25)22-18)9-6-17(7-10-21)23-11-8-16(13-23)12-15(2)24/h3-5,16-17H,6-13H2,1-2H3,(H,22,25)/t16-,17?,21?/m1/s1. The monoisotopic (exact) mass is 340 g/mol. The summed E-state index contributed by atoms with van der Waals surface area (Å²) in [7, 11) is 0. The number of likely N-dealkylation sites (tertiary alicyclic amines) is 1. The summed E-state index contributed by atoms with van der Waals surface area (Å²) in [6, 6.07) is 6.76. The molecule has 134 valence electrons. The molecule has 1 aliphatic carbocycles. The van der Waals surface area contributed by atoms with Gasteiger partial charge in [-0.05, 0) is 75.6 Å². The molecule has 25 heavy (non-hydrogen) atoms. The summed E-state index contributed by atoms with van der Waals surface area (Å²) in [5.74, 6) is 1.04. The van der Waals surface area contributed by atoms with Crippen molar-refractivity contribution in [3.05, 3.63) is 29.3 Å². The van der Waals surface area contributed by atoms with Crippen LogP contribution in [0.25, 0.3) is 0 Å². The molecule has 1 aromatic carbocycles. The Labute approximate surface area is 150 Å². The van der Waals surface area contributed by atoms with E-state index in [-0.39, 0.29) is 11.3 Å². The molecular formula is C21H28N2O2. The zero-order valence-corrected chi connectivity index (χ0v) is 15.3. The lowest BCUT2D eigenvalue weighted by Gasteiger charge is -2.40. The van der Waals surface area contributed by atoms with Gasteiger partial charge in [-0.25, -0.2) is 0 Å². The van der Waals surface area contributed by atoms with Crippen LogP contribution in [-0.2, 0) is 15.0 Å². The summed E-state index contributed by atoms with van der Waals surface area (Å²) in [6.45, 7) is 5.99. The minimum Gasteiger partial charge on any atom is -0.325 e. The smallest absolute Gasteiger partial charge is 0.235 e. The molecule has 2 heterocycles. The van der Waals surface area contributed by atoms with Crippen LogP contribution >= 0.6 is 0 Å². The molecular weight excluding hydrogens is 312 g/mol. The van der Waals surface area contributed by atoms with Gasteiger partial charge in [-0.2, -0.15) is 0 Å². The number of aryl methyl sites for hydroxylation is 1. The first kappa shape index (κ1) is 16.8. The van der Waals surface area contributed by atoms with Gasteiger partial charge in [0.1, 0.15) is 5.78 Å². The lowest BCUT2D eigenvalue weighted by atomic mass is 9.67. The predicted octanol–water partition coefficient (Wildman–Crippen LogP) is 3.43. The van der Waals surface area contributed by atoms with Crippen molar-refractivity contribution in [2.24, 2.45) is 5.92 Å². The second-order valence-electron chi connectivity index (χ2n) is 8.32. The minimum absolute atomic E-state index is 0.200. The van der Waals surface area contributed by atoms with Gasteiger partial charge >= 0.3 is 0 Å². The number of ketones is 1. The molecule has 4 rings (SSSR count). The molecule has 3 aliphatic rings. The Morgan fingerprint density at radius 2 is 2.04 bits per heavy atom. The van der Waals surface area contributed by atoms with Crippen molar-refractivity contribution >= 4 is 17.4 Å². The molecule has 1 saturated carbocycles. The molecule has 1 aromatic rings. The summed E-state index contributed by atoms with van der Waals surface area (Å²) in [5, 5.41) is 3.12. The molecule has 1 spiro atoms. The lowest BCUT2D eigenvalue weighted by molar-refractivity contribution is -0.122. The van der Waals surface area contributed by atoms with Crippen molar-refractivity contribution in [3.63, 3.8) is 0 Å². The molecule has 1 N–H and O–H groups in total. The predicted molar refractivity (Wildman–Crippen MR) is 98.7 cm³/mol. The average molecular weight is 340 g/mol. The van der Waals surface area contributed by atoms with Crippen LogP contribution in [0.2, 0.25) is 0 Å². The van der Waals surface area contributed by atoms with E-state index in [0.29, 0.717) is 17.7 Å². The van der Waals surface area contributed by atoms with Crippen molar-refractivity contribution in [2.75, 3.05) is 18.4 Å². The molecule has 2 aliphatic heterocycles. The van der Waals surface area contributed by atoms with Crippen molar-refractivity contribution in [3.8, 4) is 0 Å². The summed E-state index contributed by atoms with van der Waals surface area (Å²) >= 11 is 0. The van der Waals surface area contributed by atoms with E-state index >= 15 is 0 Å². The van der Waals surface area contributed by atoms with Gasteiger partial charge in [-0.1, -0.05) is 12.1 Å². The number of benzene rings is 1. The van der Waals surface area contributed by atoms with E-state index in [2.05, 4.69) is 23.2 Å². The van der Waals surface area contributed by atoms with Gasteiger partial charge in [0.25, 0.3) is 0 Å². The Kier molecular flexibility index (Phi) is 4.19. The Balaban J connectivity index is 1.46. The number of hydrogen-bond donors (Lipinski definition) is 1. The molecule has 0 radical (unpaired) electrons. The van der Waals surface area contributed by atoms with Gasteiger partial charge < -0.3 is 15.0 Å². The maximum atomic E-state index is 12.8. The fourth-order valence-electron chi connectivity index (χ4n) is 5.47. The van der Waals surface area contributed by atoms with Gasteiger partial charge in [-0.15, -0.1) is 0 Å². The number of nitrogens with one attached hydrogen (secondary N) is 1. The summed E-state index contributed by atoms with van der Waals surface area (Å²) in [5.41, 5.74) is 3.19. The van der Waals surface area contributed by atoms with Crippen molar-refractivity contribution in [2.45, 2.75) is 63.8 Å². The molecule has 0 bridgehead atoms. The van der Waals surface area contributed by atoms with E-state index in [1.54, 1.807) is 6.92 Å². The third-order valence-electron chi connectivity index (χ3n) is 6.65. The Morgan fingerprint density at radius 3 is 2.76 bits per heavy atom. The highest BCUT2D eigenvalue weighted by Gasteiger charge is 2.50. The zero-order valence-electron chi connectivity index (χ0n) is 15.3. The second kappa shape index (κ2) is 6.24. The van der Waals surface area contributed by atoms with E-state index in [1.165, 1.54) is 11.1 Å². The maximum Gasteiger partial charge on any atom is 0.235 e. The van der Waals surface area contributed by atoms with E-state index in [4.69, 9.17) is 0 Å². The average Bonchev–Trinajstić information content (AvgIpc) is 3.12. The van der Waals surface area contributed by atoms with Gasteiger partial charge in [0.05, 0.1) is 5.41 Å². The maximum absolute atomic E-state index is 12.8. The van der Waals surface area contributed by atoms with Crippen LogP contribution in [0.5, 0.6) is 0 Å². The van der Waals surface area contributed by atoms with Crippen LogP contribution in [0.4, 0.5) is 5.69 Å². The summed E-state index contributed by atoms with van der Waals surface area (Å²) in [6.07, 6.45) is 5.90. The highest BCUT2D eigenvalue weighted by molar-refractivity contribution is 6.06. The third-order valence-corrected chi connectivity index (χ3v) is 6.65. The number of carbonyl (C=O) groups is 2. The molecule has 1 atom stereocenters. The Morgan fingerprint density at radius 1 is 1.28 bits per heavy atom. The normalized spacial score (nSPS) is 32.0. The molecule has 1 saturated heterocycles. The third kappa shape index (κ3) is 2.80. The van der Waals surface area contributed by atoms with Crippen LogP contribution in [0.1, 0.15) is 56.6 Å². The SMILES string of the molecule is CC(=O)C[C@H]1CCN(C2CCC3(CC2)C(=O)Nc2cccc(C)c23)C1. The highest BCUT2D eigenvalue weighted by atomic mass is 16.2. The first-order valence-electron chi connectivity index (χ1n) is 9.64. The van der Waals surface area contributed by atoms with E-state index < -0.39 is 0 Å². The van der Waals surface area contributed by atoms with Crippen molar-refractivity contribution in [1.82, 2.24) is 4.90 Å². The van der Waals surface area contributed by atoms with Gasteiger partial charge in [0.2, 0.25) is 5.91 Å². The van der Waals surface area contributed by atoms with Gasteiger partial charge in [0.15, 0.2) is 0 Å². The first-order valence-corrected chi connectivity index (χ1v) is 9.64. The van der Waals surface area contributed by atoms with Gasteiger partial charge in [-0.3, -0.25) is 4.79 Å². The topological polar surface area (TPSA) is 49.4 Å². The number of Topliss-reactive ketones (excluding diaryl/α,β-unsaturated/α-hetero) is 1. The van der Waals surface area contributed by atoms with Crippen LogP contribution in [0.3, 0.4) is 0 Å². The molecule has 4 nitrogen and oxygen atoms in total. The first-order chi connectivity index (χ1) is 12.0. The number of hydrogen-bond acceptors (Lipinski definition) is 3. The number of amides is 1. The molecule has 0 unspecified atom stereocenters. The minimum atomic E-state index is -0.310. The highest BCUT2D eigenvalue weighted by Crippen LogP contribution is 2.49. The van der Waals surface area contributed by atoms with Crippen LogP contribution in [0, 0.1) is 12.8 Å². The quantitative estimate of drug-likeness (QED) is 0.917. The fraction of sp³-hybridized carbons (Fsp3) is 0.619. The molecule has 2 fully saturated rings. The van der Waals surface area contributed by atoms with E-state index in [1.807, 2.05) is 12.1 Å². The van der Waals surface area contributed by atoms with Crippen LogP contribution in [-0.4, -0.2) is 35.7 Å². The summed E-state index contributed by atoms with van der Waals surface area (Å²) in [4.78, 5) is 26.7. The van der Waals surface area contributed by atoms with Crippen LogP contribution in [0.15, 0.2) is 18.2 Å². The van der Waals surface area contributed by atoms with Crippen molar-refractivity contribution < 1.29 is 9.59 Å². The number of fused-ring (bicyclic) bond motifs is 2.